The quantitative estimate of drug-likeness (QED) is 0.290. The molecule has 0 saturated heterocycles. The molecule has 0 unspecified atom stereocenters. The number of hydrogen-bond donors (Lipinski definition) is 4. The van der Waals surface area contributed by atoms with Crippen molar-refractivity contribution in [1.29, 1.82) is 0 Å². The highest BCUT2D eigenvalue weighted by atomic mass is 16.4. The number of carbonyl (C=O) groups excluding carboxylic acids is 2. The number of carbonyl (C=O) groups is 3. The van der Waals surface area contributed by atoms with Gasteiger partial charge in [0.25, 0.3) is 5.91 Å². The van der Waals surface area contributed by atoms with Crippen molar-refractivity contribution in [2.45, 2.75) is 26.9 Å². The van der Waals surface area contributed by atoms with E-state index in [0.717, 1.165) is 0 Å². The first-order valence-corrected chi connectivity index (χ1v) is 10.5. The van der Waals surface area contributed by atoms with Crippen LogP contribution in [0.5, 0.6) is 0 Å². The topological polar surface area (TPSA) is 170 Å². The minimum absolute atomic E-state index is 0.112. The van der Waals surface area contributed by atoms with E-state index in [1.54, 1.807) is 46.5 Å². The van der Waals surface area contributed by atoms with E-state index in [0.29, 0.717) is 39.9 Å². The zero-order chi connectivity index (χ0) is 24.4. The average molecular weight is 465 g/mol. The van der Waals surface area contributed by atoms with Gasteiger partial charge < -0.3 is 25.1 Å². The molecule has 3 aromatic heterocycles. The van der Waals surface area contributed by atoms with Crippen LogP contribution in [0.4, 0.5) is 10.7 Å². The zero-order valence-corrected chi connectivity index (χ0v) is 18.5. The lowest BCUT2D eigenvalue weighted by Gasteiger charge is -2.09. The molecule has 0 bridgehead atoms. The summed E-state index contributed by atoms with van der Waals surface area (Å²) in [6.07, 6.45) is 3.67. The summed E-state index contributed by atoms with van der Waals surface area (Å²) >= 11 is 0. The fourth-order valence-corrected chi connectivity index (χ4v) is 3.75. The Morgan fingerprint density at radius 2 is 2.06 bits per heavy atom. The molecule has 0 radical (unpaired) electrons. The monoisotopic (exact) mass is 465 g/mol. The second-order valence-electron chi connectivity index (χ2n) is 7.46. The lowest BCUT2D eigenvalue weighted by atomic mass is 10.1. The molecule has 1 aromatic carbocycles. The number of nitrogens with one attached hydrogen (secondary N) is 2. The molecule has 0 spiro atoms. The van der Waals surface area contributed by atoms with Crippen LogP contribution in [0.1, 0.15) is 33.5 Å². The highest BCUT2D eigenvalue weighted by molar-refractivity contribution is 6.14. The molecule has 176 valence electrons. The third kappa shape index (κ3) is 4.20. The minimum Gasteiger partial charge on any atom is -0.465 e. The minimum atomic E-state index is -1.13. The predicted molar refractivity (Wildman–Crippen MR) is 124 cm³/mol. The lowest BCUT2D eigenvalue weighted by Crippen LogP contribution is -2.20. The normalized spacial score (nSPS) is 11.5. The Morgan fingerprint density at radius 1 is 1.26 bits per heavy atom. The molecule has 3 amide bonds. The van der Waals surface area contributed by atoms with Crippen LogP contribution in [-0.4, -0.2) is 48.9 Å². The summed E-state index contributed by atoms with van der Waals surface area (Å²) in [6, 6.07) is 4.87. The maximum atomic E-state index is 13.1. The van der Waals surface area contributed by atoms with Gasteiger partial charge in [0.15, 0.2) is 5.58 Å². The maximum absolute atomic E-state index is 13.1. The molecule has 0 saturated carbocycles. The highest BCUT2D eigenvalue weighted by Crippen LogP contribution is 2.32. The van der Waals surface area contributed by atoms with Crippen LogP contribution < -0.4 is 16.4 Å². The molecule has 4 aromatic rings. The molecular formula is C22H23N7O5. The average Bonchev–Trinajstić information content (AvgIpc) is 3.49. The number of carboxylic acid groups (broad SMARTS) is 1. The second-order valence-corrected chi connectivity index (χ2v) is 7.46. The number of furan rings is 1. The first kappa shape index (κ1) is 22.6. The van der Waals surface area contributed by atoms with Gasteiger partial charge in [0.1, 0.15) is 11.2 Å². The van der Waals surface area contributed by atoms with E-state index in [1.807, 2.05) is 6.92 Å². The third-order valence-corrected chi connectivity index (χ3v) is 5.20. The molecule has 0 aliphatic carbocycles. The van der Waals surface area contributed by atoms with Crippen LogP contribution in [0.2, 0.25) is 0 Å². The predicted octanol–water partition coefficient (Wildman–Crippen LogP) is 2.48. The van der Waals surface area contributed by atoms with Crippen molar-refractivity contribution in [2.75, 3.05) is 11.9 Å². The standard InChI is InChI=1S/C22H23N7O5/c1-3-29-16(10-12(2)27-29)20(31)26-21-25-15-11-14(19(23)30)13-6-9-34-18(13)17(15)28(21)8-5-4-7-24-22(32)33/h4-6,9-11,24H,3,7-8H2,1-2H3,(H2,23,30)(H,32,33)(H,25,26,31). The highest BCUT2D eigenvalue weighted by Gasteiger charge is 2.22. The largest absolute Gasteiger partial charge is 0.465 e. The van der Waals surface area contributed by atoms with E-state index in [4.69, 9.17) is 15.3 Å². The molecule has 0 aliphatic heterocycles. The van der Waals surface area contributed by atoms with Crippen LogP contribution in [0.15, 0.2) is 41.0 Å². The van der Waals surface area contributed by atoms with Gasteiger partial charge in [-0.15, -0.1) is 0 Å². The summed E-state index contributed by atoms with van der Waals surface area (Å²) < 4.78 is 8.95. The number of nitrogens with two attached hydrogens (primary N) is 1. The number of anilines is 1. The van der Waals surface area contributed by atoms with E-state index in [9.17, 15) is 14.4 Å². The smallest absolute Gasteiger partial charge is 0.404 e. The first-order chi connectivity index (χ1) is 16.3. The van der Waals surface area contributed by atoms with E-state index >= 15 is 0 Å². The van der Waals surface area contributed by atoms with Gasteiger partial charge in [-0.3, -0.25) is 19.6 Å². The molecule has 34 heavy (non-hydrogen) atoms. The lowest BCUT2D eigenvalue weighted by molar-refractivity contribution is 0.0997. The number of amides is 3. The first-order valence-electron chi connectivity index (χ1n) is 10.5. The molecule has 3 heterocycles. The Labute approximate surface area is 193 Å². The summed E-state index contributed by atoms with van der Waals surface area (Å²) in [4.78, 5) is 40.2. The number of allylic oxidation sites excluding steroid dienone is 1. The summed E-state index contributed by atoms with van der Waals surface area (Å²) in [7, 11) is 0. The van der Waals surface area contributed by atoms with Gasteiger partial charge >= 0.3 is 6.09 Å². The molecule has 0 atom stereocenters. The van der Waals surface area contributed by atoms with Crippen molar-refractivity contribution >= 4 is 45.9 Å². The van der Waals surface area contributed by atoms with E-state index in [-0.39, 0.29) is 24.6 Å². The number of aryl methyl sites for hydroxylation is 2. The van der Waals surface area contributed by atoms with Gasteiger partial charge in [-0.1, -0.05) is 12.2 Å². The van der Waals surface area contributed by atoms with Crippen LogP contribution in [0.25, 0.3) is 22.0 Å². The van der Waals surface area contributed by atoms with Gasteiger partial charge in [0.2, 0.25) is 11.9 Å². The molecule has 12 nitrogen and oxygen atoms in total. The number of aromatic nitrogens is 4. The van der Waals surface area contributed by atoms with E-state index in [2.05, 4.69) is 20.7 Å². The molecule has 0 aliphatic rings. The van der Waals surface area contributed by atoms with Gasteiger partial charge in [-0.25, -0.2) is 9.78 Å². The Bertz CT molecular complexity index is 1440. The fourth-order valence-electron chi connectivity index (χ4n) is 3.75. The van der Waals surface area contributed by atoms with Gasteiger partial charge in [-0.2, -0.15) is 5.10 Å². The number of primary amides is 1. The number of nitrogens with zero attached hydrogens (tertiary/aromatic N) is 4. The van der Waals surface area contributed by atoms with Crippen LogP contribution in [0, 0.1) is 6.92 Å². The van der Waals surface area contributed by atoms with Crippen LogP contribution in [-0.2, 0) is 13.1 Å². The van der Waals surface area contributed by atoms with Gasteiger partial charge in [-0.05, 0) is 32.0 Å². The van der Waals surface area contributed by atoms with E-state index < -0.39 is 17.9 Å². The molecule has 5 N–H and O–H groups in total. The molecular weight excluding hydrogens is 442 g/mol. The number of hydrogen-bond acceptors (Lipinski definition) is 6. The van der Waals surface area contributed by atoms with Crippen LogP contribution in [0.3, 0.4) is 0 Å². The van der Waals surface area contributed by atoms with Gasteiger partial charge in [0.05, 0.1) is 23.0 Å². The van der Waals surface area contributed by atoms with Crippen LogP contribution >= 0.6 is 0 Å². The Kier molecular flexibility index (Phi) is 6.04. The van der Waals surface area contributed by atoms with Crippen molar-refractivity contribution in [3.63, 3.8) is 0 Å². The number of rotatable bonds is 8. The van der Waals surface area contributed by atoms with Crippen molar-refractivity contribution in [3.8, 4) is 0 Å². The van der Waals surface area contributed by atoms with Crippen molar-refractivity contribution in [1.82, 2.24) is 24.6 Å². The van der Waals surface area contributed by atoms with Crippen molar-refractivity contribution in [2.24, 2.45) is 5.73 Å². The summed E-state index contributed by atoms with van der Waals surface area (Å²) in [5, 5.41) is 18.6. The Morgan fingerprint density at radius 3 is 2.76 bits per heavy atom. The summed E-state index contributed by atoms with van der Waals surface area (Å²) in [6.45, 7) is 4.55. The number of fused-ring (bicyclic) bond motifs is 3. The van der Waals surface area contributed by atoms with E-state index in [1.165, 1.54) is 6.26 Å². The summed E-state index contributed by atoms with van der Waals surface area (Å²) in [5.74, 6) is -0.812. The second kappa shape index (κ2) is 9.10. The zero-order valence-electron chi connectivity index (χ0n) is 18.5. The van der Waals surface area contributed by atoms with Crippen molar-refractivity contribution < 1.29 is 23.9 Å². The fraction of sp³-hybridized carbons (Fsp3) is 0.227. The SMILES string of the molecule is CCn1nc(C)cc1C(=O)Nc1nc2cc(C(N)=O)c3ccoc3c2n1CC=CCNC(=O)O. The molecule has 0 fully saturated rings. The number of benzene rings is 1. The molecule has 4 rings (SSSR count). The van der Waals surface area contributed by atoms with Crippen molar-refractivity contribution in [3.05, 3.63) is 53.6 Å². The van der Waals surface area contributed by atoms with Gasteiger partial charge in [0, 0.05) is 25.0 Å². The molecule has 12 heteroatoms. The number of imidazole rings is 1. The third-order valence-electron chi connectivity index (χ3n) is 5.20. The Balaban J connectivity index is 1.80. The summed E-state index contributed by atoms with van der Waals surface area (Å²) in [5.41, 5.74) is 8.23. The maximum Gasteiger partial charge on any atom is 0.404 e. The Hall–Kier alpha value is -4.61.